The fraction of sp³-hybridized carbons (Fsp3) is 0.389. The standard InChI is InChI=1S/C18H22N2O3S/c1-10-5-6-14(11(2)9-10)7-8-15(21)19-13(4)17-20-12(3)16(24-17)18(22)23/h5-6,9,13H,7-8H2,1-4H3,(H,19,21)(H,22,23). The number of nitrogens with one attached hydrogen (secondary N) is 1. The summed E-state index contributed by atoms with van der Waals surface area (Å²) in [6.45, 7) is 7.58. The first-order chi connectivity index (χ1) is 11.3. The second-order valence-electron chi connectivity index (χ2n) is 5.99. The zero-order chi connectivity index (χ0) is 17.9. The largest absolute Gasteiger partial charge is 0.477 e. The summed E-state index contributed by atoms with van der Waals surface area (Å²) in [6, 6.07) is 5.93. The lowest BCUT2D eigenvalue weighted by molar-refractivity contribution is -0.121. The summed E-state index contributed by atoms with van der Waals surface area (Å²) in [4.78, 5) is 27.7. The molecular formula is C18H22N2O3S. The van der Waals surface area contributed by atoms with Crippen LogP contribution in [0.5, 0.6) is 0 Å². The van der Waals surface area contributed by atoms with E-state index in [4.69, 9.17) is 5.11 Å². The summed E-state index contributed by atoms with van der Waals surface area (Å²) in [6.07, 6.45) is 1.08. The first-order valence-corrected chi connectivity index (χ1v) is 8.65. The number of aromatic carboxylic acids is 1. The number of benzene rings is 1. The van der Waals surface area contributed by atoms with E-state index in [1.807, 2.05) is 13.8 Å². The van der Waals surface area contributed by atoms with E-state index in [2.05, 4.69) is 35.4 Å². The highest BCUT2D eigenvalue weighted by Crippen LogP contribution is 2.23. The Kier molecular flexibility index (Phi) is 5.72. The van der Waals surface area contributed by atoms with Gasteiger partial charge in [0, 0.05) is 6.42 Å². The summed E-state index contributed by atoms with van der Waals surface area (Å²) in [5.74, 6) is -1.04. The second kappa shape index (κ2) is 7.57. The van der Waals surface area contributed by atoms with E-state index in [9.17, 15) is 9.59 Å². The molecule has 0 saturated carbocycles. The number of aromatic nitrogens is 1. The van der Waals surface area contributed by atoms with Crippen molar-refractivity contribution in [3.63, 3.8) is 0 Å². The number of carboxylic acid groups (broad SMARTS) is 1. The number of thiazole rings is 1. The number of amides is 1. The molecule has 2 rings (SSSR count). The first kappa shape index (κ1) is 18.1. The van der Waals surface area contributed by atoms with Crippen LogP contribution in [0.3, 0.4) is 0 Å². The summed E-state index contributed by atoms with van der Waals surface area (Å²) in [5.41, 5.74) is 4.06. The van der Waals surface area contributed by atoms with Crippen molar-refractivity contribution in [1.82, 2.24) is 10.3 Å². The van der Waals surface area contributed by atoms with Crippen LogP contribution in [0.2, 0.25) is 0 Å². The molecule has 0 bridgehead atoms. The molecule has 0 aliphatic carbocycles. The van der Waals surface area contributed by atoms with Crippen molar-refractivity contribution in [2.24, 2.45) is 0 Å². The molecule has 128 valence electrons. The number of hydrogen-bond acceptors (Lipinski definition) is 4. The van der Waals surface area contributed by atoms with Crippen molar-refractivity contribution in [2.75, 3.05) is 0 Å². The Labute approximate surface area is 145 Å². The highest BCUT2D eigenvalue weighted by Gasteiger charge is 2.19. The van der Waals surface area contributed by atoms with E-state index >= 15 is 0 Å². The minimum absolute atomic E-state index is 0.0628. The average molecular weight is 346 g/mol. The van der Waals surface area contributed by atoms with Crippen LogP contribution >= 0.6 is 11.3 Å². The predicted molar refractivity (Wildman–Crippen MR) is 94.6 cm³/mol. The number of carboxylic acids is 1. The molecule has 2 N–H and O–H groups in total. The minimum atomic E-state index is -0.982. The van der Waals surface area contributed by atoms with Crippen molar-refractivity contribution in [2.45, 2.75) is 46.6 Å². The van der Waals surface area contributed by atoms with E-state index in [-0.39, 0.29) is 16.8 Å². The fourth-order valence-electron chi connectivity index (χ4n) is 2.55. The fourth-order valence-corrected chi connectivity index (χ4v) is 3.46. The van der Waals surface area contributed by atoms with Gasteiger partial charge in [-0.1, -0.05) is 23.8 Å². The van der Waals surface area contributed by atoms with E-state index < -0.39 is 5.97 Å². The number of carbonyl (C=O) groups excluding carboxylic acids is 1. The van der Waals surface area contributed by atoms with Gasteiger partial charge >= 0.3 is 5.97 Å². The van der Waals surface area contributed by atoms with Crippen molar-refractivity contribution < 1.29 is 14.7 Å². The zero-order valence-electron chi connectivity index (χ0n) is 14.3. The van der Waals surface area contributed by atoms with Gasteiger partial charge in [0.1, 0.15) is 9.88 Å². The highest BCUT2D eigenvalue weighted by atomic mass is 32.1. The van der Waals surface area contributed by atoms with Gasteiger partial charge in [-0.3, -0.25) is 4.79 Å². The third-order valence-corrected chi connectivity index (χ3v) is 5.20. The SMILES string of the molecule is Cc1ccc(CCC(=O)NC(C)c2nc(C)c(C(=O)O)s2)c(C)c1. The molecule has 1 aromatic carbocycles. The number of nitrogens with zero attached hydrogens (tertiary/aromatic N) is 1. The van der Waals surface area contributed by atoms with Crippen molar-refractivity contribution in [3.8, 4) is 0 Å². The Morgan fingerprint density at radius 2 is 2.00 bits per heavy atom. The van der Waals surface area contributed by atoms with Crippen LogP contribution in [0.4, 0.5) is 0 Å². The Morgan fingerprint density at radius 3 is 2.58 bits per heavy atom. The van der Waals surface area contributed by atoms with Crippen molar-refractivity contribution in [3.05, 3.63) is 50.5 Å². The molecule has 1 amide bonds. The van der Waals surface area contributed by atoms with E-state index in [0.717, 1.165) is 11.3 Å². The normalized spacial score (nSPS) is 12.0. The Morgan fingerprint density at radius 1 is 1.29 bits per heavy atom. The smallest absolute Gasteiger partial charge is 0.347 e. The zero-order valence-corrected chi connectivity index (χ0v) is 15.2. The first-order valence-electron chi connectivity index (χ1n) is 7.84. The maximum atomic E-state index is 12.2. The highest BCUT2D eigenvalue weighted by molar-refractivity contribution is 7.13. The van der Waals surface area contributed by atoms with Gasteiger partial charge in [0.05, 0.1) is 11.7 Å². The topological polar surface area (TPSA) is 79.3 Å². The molecule has 2 aromatic rings. The van der Waals surface area contributed by atoms with Crippen LogP contribution in [0.1, 0.15) is 56.4 Å². The van der Waals surface area contributed by atoms with Gasteiger partial charge in [0.15, 0.2) is 0 Å². The van der Waals surface area contributed by atoms with Crippen LogP contribution < -0.4 is 5.32 Å². The molecule has 1 heterocycles. The molecule has 1 unspecified atom stereocenters. The van der Waals surface area contributed by atoms with Gasteiger partial charge in [0.2, 0.25) is 5.91 Å². The molecule has 0 saturated heterocycles. The lowest BCUT2D eigenvalue weighted by atomic mass is 10.0. The molecule has 0 spiro atoms. The average Bonchev–Trinajstić information content (AvgIpc) is 2.88. The maximum Gasteiger partial charge on any atom is 0.347 e. The van der Waals surface area contributed by atoms with Crippen LogP contribution in [-0.4, -0.2) is 22.0 Å². The minimum Gasteiger partial charge on any atom is -0.477 e. The maximum absolute atomic E-state index is 12.2. The van der Waals surface area contributed by atoms with E-state index in [1.165, 1.54) is 16.7 Å². The summed E-state index contributed by atoms with van der Waals surface area (Å²) < 4.78 is 0. The lowest BCUT2D eigenvalue weighted by Gasteiger charge is -2.12. The molecule has 5 nitrogen and oxygen atoms in total. The predicted octanol–water partition coefficient (Wildman–Crippen LogP) is 3.58. The van der Waals surface area contributed by atoms with Gasteiger partial charge in [0.25, 0.3) is 0 Å². The van der Waals surface area contributed by atoms with Crippen molar-refractivity contribution >= 4 is 23.2 Å². The number of rotatable bonds is 6. The lowest BCUT2D eigenvalue weighted by Crippen LogP contribution is -2.26. The second-order valence-corrected chi connectivity index (χ2v) is 7.02. The van der Waals surface area contributed by atoms with Crippen LogP contribution in [0.15, 0.2) is 18.2 Å². The summed E-state index contributed by atoms with van der Waals surface area (Å²) in [7, 11) is 0. The van der Waals surface area contributed by atoms with Crippen LogP contribution in [0.25, 0.3) is 0 Å². The van der Waals surface area contributed by atoms with E-state index in [1.54, 1.807) is 6.92 Å². The monoisotopic (exact) mass is 346 g/mol. The molecule has 1 aromatic heterocycles. The van der Waals surface area contributed by atoms with Crippen LogP contribution in [0, 0.1) is 20.8 Å². The molecule has 6 heteroatoms. The van der Waals surface area contributed by atoms with Gasteiger partial charge in [-0.2, -0.15) is 0 Å². The molecule has 0 fully saturated rings. The summed E-state index contributed by atoms with van der Waals surface area (Å²) in [5, 5.41) is 12.6. The molecule has 24 heavy (non-hydrogen) atoms. The Hall–Kier alpha value is -2.21. The Balaban J connectivity index is 1.94. The quantitative estimate of drug-likeness (QED) is 0.838. The van der Waals surface area contributed by atoms with Gasteiger partial charge in [-0.15, -0.1) is 11.3 Å². The van der Waals surface area contributed by atoms with Crippen LogP contribution in [-0.2, 0) is 11.2 Å². The van der Waals surface area contributed by atoms with Gasteiger partial charge < -0.3 is 10.4 Å². The molecule has 1 atom stereocenters. The Bertz CT molecular complexity index is 768. The molecule has 0 radical (unpaired) electrons. The third-order valence-electron chi connectivity index (χ3n) is 3.87. The van der Waals surface area contributed by atoms with Gasteiger partial charge in [-0.05, 0) is 45.2 Å². The number of carbonyl (C=O) groups is 2. The third kappa shape index (κ3) is 4.41. The number of aryl methyl sites for hydroxylation is 4. The number of hydrogen-bond donors (Lipinski definition) is 2. The molecule has 0 aliphatic heterocycles. The van der Waals surface area contributed by atoms with E-state index in [0.29, 0.717) is 23.5 Å². The summed E-state index contributed by atoms with van der Waals surface area (Å²) >= 11 is 1.11. The van der Waals surface area contributed by atoms with Crippen molar-refractivity contribution in [1.29, 1.82) is 0 Å². The molecular weight excluding hydrogens is 324 g/mol. The molecule has 0 aliphatic rings. The van der Waals surface area contributed by atoms with Gasteiger partial charge in [-0.25, -0.2) is 9.78 Å².